The molecule has 25 heavy (non-hydrogen) atoms. The standard InChI is InChI=1S/C20H22FN3O/c1-13-9-16-17-11-23(2)8-7-18(17)24(20(16)22-10-13)12-19(25)14-3-5-15(21)6-4-14/h3-6,9-10,19,25H,7-8,11-12H2,1-2H3. The Balaban J connectivity index is 1.77. The third kappa shape index (κ3) is 2.94. The van der Waals surface area contributed by atoms with E-state index >= 15 is 0 Å². The number of likely N-dealkylation sites (N-methyl/N-ethyl adjacent to an activating group) is 1. The van der Waals surface area contributed by atoms with Crippen LogP contribution < -0.4 is 0 Å². The molecule has 2 aromatic heterocycles. The first kappa shape index (κ1) is 16.2. The van der Waals surface area contributed by atoms with Crippen molar-refractivity contribution in [2.24, 2.45) is 0 Å². The number of pyridine rings is 1. The van der Waals surface area contributed by atoms with Crippen LogP contribution in [-0.2, 0) is 19.5 Å². The lowest BCUT2D eigenvalue weighted by Crippen LogP contribution is -2.27. The van der Waals surface area contributed by atoms with Crippen molar-refractivity contribution in [3.8, 4) is 0 Å². The number of halogens is 1. The van der Waals surface area contributed by atoms with Gasteiger partial charge in [0, 0.05) is 36.8 Å². The van der Waals surface area contributed by atoms with Crippen LogP contribution in [0.3, 0.4) is 0 Å². The van der Waals surface area contributed by atoms with Gasteiger partial charge in [-0.3, -0.25) is 0 Å². The molecule has 0 spiro atoms. The Hall–Kier alpha value is -2.24. The third-order valence-corrected chi connectivity index (χ3v) is 5.03. The largest absolute Gasteiger partial charge is 0.387 e. The van der Waals surface area contributed by atoms with Gasteiger partial charge in [-0.25, -0.2) is 9.37 Å². The predicted molar refractivity (Wildman–Crippen MR) is 95.9 cm³/mol. The van der Waals surface area contributed by atoms with E-state index in [1.807, 2.05) is 6.20 Å². The molecule has 3 heterocycles. The van der Waals surface area contributed by atoms with E-state index in [0.717, 1.165) is 36.3 Å². The predicted octanol–water partition coefficient (Wildman–Crippen LogP) is 3.21. The minimum atomic E-state index is -0.692. The minimum absolute atomic E-state index is 0.292. The van der Waals surface area contributed by atoms with Crippen LogP contribution in [-0.4, -0.2) is 33.1 Å². The van der Waals surface area contributed by atoms with E-state index in [-0.39, 0.29) is 5.82 Å². The molecule has 4 rings (SSSR count). The van der Waals surface area contributed by atoms with E-state index in [9.17, 15) is 9.50 Å². The molecule has 0 saturated carbocycles. The number of rotatable bonds is 3. The van der Waals surface area contributed by atoms with Crippen LogP contribution in [0.25, 0.3) is 11.0 Å². The van der Waals surface area contributed by atoms with Crippen molar-refractivity contribution in [3.63, 3.8) is 0 Å². The Morgan fingerprint density at radius 2 is 2.04 bits per heavy atom. The van der Waals surface area contributed by atoms with Gasteiger partial charge in [-0.1, -0.05) is 12.1 Å². The topological polar surface area (TPSA) is 41.3 Å². The van der Waals surface area contributed by atoms with E-state index in [2.05, 4.69) is 34.5 Å². The quantitative estimate of drug-likeness (QED) is 0.797. The maximum absolute atomic E-state index is 13.1. The molecule has 0 fully saturated rings. The molecule has 0 saturated heterocycles. The summed E-state index contributed by atoms with van der Waals surface area (Å²) in [5.74, 6) is -0.292. The number of nitrogens with zero attached hydrogens (tertiary/aromatic N) is 3. The maximum Gasteiger partial charge on any atom is 0.140 e. The summed E-state index contributed by atoms with van der Waals surface area (Å²) in [6.45, 7) is 4.37. The highest BCUT2D eigenvalue weighted by atomic mass is 19.1. The van der Waals surface area contributed by atoms with Gasteiger partial charge in [-0.15, -0.1) is 0 Å². The fourth-order valence-electron chi connectivity index (χ4n) is 3.71. The van der Waals surface area contributed by atoms with Crippen LogP contribution >= 0.6 is 0 Å². The molecule has 1 atom stereocenters. The average molecular weight is 339 g/mol. The van der Waals surface area contributed by atoms with Crippen molar-refractivity contribution in [1.29, 1.82) is 0 Å². The highest BCUT2D eigenvalue weighted by Crippen LogP contribution is 2.31. The van der Waals surface area contributed by atoms with Crippen LogP contribution in [0.15, 0.2) is 36.5 Å². The highest BCUT2D eigenvalue weighted by Gasteiger charge is 2.24. The SMILES string of the molecule is Cc1cnc2c(c1)c1c(n2CC(O)c2ccc(F)cc2)CCN(C)C1. The Labute approximate surface area is 146 Å². The first-order chi connectivity index (χ1) is 12.0. The molecule has 0 bridgehead atoms. The van der Waals surface area contributed by atoms with E-state index in [4.69, 9.17) is 0 Å². The second-order valence-electron chi connectivity index (χ2n) is 6.97. The summed E-state index contributed by atoms with van der Waals surface area (Å²) in [7, 11) is 2.13. The van der Waals surface area contributed by atoms with Gasteiger partial charge in [-0.2, -0.15) is 0 Å². The summed E-state index contributed by atoms with van der Waals surface area (Å²) in [6.07, 6.45) is 2.12. The van der Waals surface area contributed by atoms with Gasteiger partial charge in [-0.05, 0) is 48.9 Å². The highest BCUT2D eigenvalue weighted by molar-refractivity contribution is 5.83. The number of fused-ring (bicyclic) bond motifs is 3. The van der Waals surface area contributed by atoms with Gasteiger partial charge in [0.05, 0.1) is 12.6 Å². The fourth-order valence-corrected chi connectivity index (χ4v) is 3.71. The Morgan fingerprint density at radius 1 is 1.28 bits per heavy atom. The fraction of sp³-hybridized carbons (Fsp3) is 0.350. The van der Waals surface area contributed by atoms with Gasteiger partial charge in [0.25, 0.3) is 0 Å². The summed E-state index contributed by atoms with van der Waals surface area (Å²) in [6, 6.07) is 8.24. The zero-order chi connectivity index (χ0) is 17.6. The number of aliphatic hydroxyl groups is 1. The summed E-state index contributed by atoms with van der Waals surface area (Å²) in [5.41, 5.74) is 5.35. The van der Waals surface area contributed by atoms with Crippen molar-refractivity contribution in [1.82, 2.24) is 14.5 Å². The molecule has 3 aromatic rings. The van der Waals surface area contributed by atoms with Crippen LogP contribution in [0.1, 0.15) is 28.5 Å². The van der Waals surface area contributed by atoms with E-state index in [1.165, 1.54) is 28.8 Å². The molecule has 1 aromatic carbocycles. The molecule has 0 amide bonds. The maximum atomic E-state index is 13.1. The number of aromatic nitrogens is 2. The van der Waals surface area contributed by atoms with E-state index < -0.39 is 6.10 Å². The summed E-state index contributed by atoms with van der Waals surface area (Å²) in [4.78, 5) is 6.96. The van der Waals surface area contributed by atoms with Crippen molar-refractivity contribution < 1.29 is 9.50 Å². The second kappa shape index (κ2) is 6.24. The van der Waals surface area contributed by atoms with Crippen molar-refractivity contribution in [3.05, 3.63) is 64.7 Å². The zero-order valence-electron chi connectivity index (χ0n) is 14.5. The molecule has 1 aliphatic rings. The summed E-state index contributed by atoms with van der Waals surface area (Å²) >= 11 is 0. The van der Waals surface area contributed by atoms with Gasteiger partial charge in [0.1, 0.15) is 11.5 Å². The lowest BCUT2D eigenvalue weighted by atomic mass is 10.0. The zero-order valence-corrected chi connectivity index (χ0v) is 14.5. The Bertz CT molecular complexity index is 917. The molecule has 0 aliphatic carbocycles. The lowest BCUT2D eigenvalue weighted by Gasteiger charge is -2.24. The summed E-state index contributed by atoms with van der Waals surface area (Å²) in [5, 5.41) is 11.8. The van der Waals surface area contributed by atoms with E-state index in [0.29, 0.717) is 6.54 Å². The van der Waals surface area contributed by atoms with Crippen molar-refractivity contribution >= 4 is 11.0 Å². The van der Waals surface area contributed by atoms with E-state index in [1.54, 1.807) is 12.1 Å². The molecule has 1 aliphatic heterocycles. The molecule has 4 nitrogen and oxygen atoms in total. The number of hydrogen-bond acceptors (Lipinski definition) is 3. The summed E-state index contributed by atoms with van der Waals surface area (Å²) < 4.78 is 15.3. The first-order valence-corrected chi connectivity index (χ1v) is 8.61. The normalized spacial score (nSPS) is 16.2. The van der Waals surface area contributed by atoms with Crippen LogP contribution in [0.4, 0.5) is 4.39 Å². The molecule has 1 unspecified atom stereocenters. The van der Waals surface area contributed by atoms with Gasteiger partial charge < -0.3 is 14.6 Å². The Morgan fingerprint density at radius 3 is 2.80 bits per heavy atom. The molecular weight excluding hydrogens is 317 g/mol. The molecule has 1 N–H and O–H groups in total. The smallest absolute Gasteiger partial charge is 0.140 e. The van der Waals surface area contributed by atoms with Crippen molar-refractivity contribution in [2.75, 3.05) is 13.6 Å². The number of aliphatic hydroxyl groups excluding tert-OH is 1. The molecule has 0 radical (unpaired) electrons. The number of aryl methyl sites for hydroxylation is 1. The third-order valence-electron chi connectivity index (χ3n) is 5.03. The monoisotopic (exact) mass is 339 g/mol. The van der Waals surface area contributed by atoms with Gasteiger partial charge in [0.15, 0.2) is 0 Å². The molecule has 5 heteroatoms. The van der Waals surface area contributed by atoms with Crippen molar-refractivity contribution in [2.45, 2.75) is 32.5 Å². The minimum Gasteiger partial charge on any atom is -0.387 e. The number of benzene rings is 1. The van der Waals surface area contributed by atoms with Crippen LogP contribution in [0, 0.1) is 12.7 Å². The van der Waals surface area contributed by atoms with Gasteiger partial charge in [0.2, 0.25) is 0 Å². The van der Waals surface area contributed by atoms with Crippen LogP contribution in [0.2, 0.25) is 0 Å². The Kier molecular flexibility index (Phi) is 4.06. The molecular formula is C20H22FN3O. The van der Waals surface area contributed by atoms with Crippen LogP contribution in [0.5, 0.6) is 0 Å². The number of hydrogen-bond donors (Lipinski definition) is 1. The lowest BCUT2D eigenvalue weighted by molar-refractivity contribution is 0.156. The average Bonchev–Trinajstić information content (AvgIpc) is 2.88. The molecule has 130 valence electrons. The first-order valence-electron chi connectivity index (χ1n) is 8.61. The second-order valence-corrected chi connectivity index (χ2v) is 6.97. The van der Waals surface area contributed by atoms with Gasteiger partial charge >= 0.3 is 0 Å².